The van der Waals surface area contributed by atoms with Crippen molar-refractivity contribution in [3.8, 4) is 63.2 Å². The van der Waals surface area contributed by atoms with Crippen LogP contribution in [0.3, 0.4) is 0 Å². The molecule has 0 unspecified atom stereocenters. The normalized spacial score (nSPS) is 10.4. The number of rotatable bonds is 13. The first-order chi connectivity index (χ1) is 42.1. The lowest BCUT2D eigenvalue weighted by Crippen LogP contribution is -2.19. The SMILES string of the molecule is C=C(Nc1cccc2c(NC(=O)c3cccc(O)c3[O-])cccc12)c1cccc(O)c1[O-].Cc1cccc(C(=O)Nc2ccccc2NC(=O)c2cccc([O-])c2[O-])c1[O-].O=C(Nc1cccc(NC(=O)c2cccc([O-])c2[O-])c1)c1cccc([O-])c1[O-]. The molecule has 0 saturated heterocycles. The molecule has 0 atom stereocenters. The summed E-state index contributed by atoms with van der Waals surface area (Å²) in [4.78, 5) is 61.9. The smallest absolute Gasteiger partial charge is 0.255 e. The van der Waals surface area contributed by atoms with Gasteiger partial charge in [-0.05, 0) is 73.2 Å². The van der Waals surface area contributed by atoms with Crippen molar-refractivity contribution in [3.05, 3.63) is 240 Å². The number of amides is 5. The van der Waals surface area contributed by atoms with Crippen LogP contribution in [0, 0.1) is 6.92 Å². The Hall–Kier alpha value is -12.9. The van der Waals surface area contributed by atoms with Crippen LogP contribution in [0.1, 0.15) is 62.9 Å². The molecule has 10 aromatic carbocycles. The van der Waals surface area contributed by atoms with Gasteiger partial charge in [0.05, 0.1) is 11.4 Å². The second kappa shape index (κ2) is 27.0. The van der Waals surface area contributed by atoms with Gasteiger partial charge in [-0.25, -0.2) is 0 Å². The number of anilines is 6. The monoisotopic (exact) mass is 1180 g/mol. The summed E-state index contributed by atoms with van der Waals surface area (Å²) >= 11 is 0. The number of phenols is 2. The van der Waals surface area contributed by atoms with Gasteiger partial charge >= 0.3 is 0 Å². The summed E-state index contributed by atoms with van der Waals surface area (Å²) in [6.07, 6.45) is 0. The van der Waals surface area contributed by atoms with E-state index in [0.717, 1.165) is 23.6 Å². The molecule has 0 aromatic heterocycles. The van der Waals surface area contributed by atoms with Crippen LogP contribution in [0.5, 0.6) is 63.2 Å². The van der Waals surface area contributed by atoms with E-state index < -0.39 is 81.3 Å². The number of hydrogen-bond acceptors (Lipinski definition) is 17. The molecule has 444 valence electrons. The van der Waals surface area contributed by atoms with Crippen molar-refractivity contribution in [2.75, 3.05) is 31.9 Å². The van der Waals surface area contributed by atoms with E-state index in [4.69, 9.17) is 0 Å². The second-order valence-corrected chi connectivity index (χ2v) is 18.9. The zero-order valence-electron chi connectivity index (χ0n) is 45.8. The molecule has 0 bridgehead atoms. The van der Waals surface area contributed by atoms with E-state index in [2.05, 4.69) is 38.5 Å². The van der Waals surface area contributed by atoms with Crippen LogP contribution in [0.15, 0.2) is 201 Å². The Morgan fingerprint density at radius 3 is 1.07 bits per heavy atom. The van der Waals surface area contributed by atoms with Crippen LogP contribution in [-0.2, 0) is 0 Å². The number of fused-ring (bicyclic) bond motifs is 1. The summed E-state index contributed by atoms with van der Waals surface area (Å²) in [5.41, 5.74) is 1.94. The summed E-state index contributed by atoms with van der Waals surface area (Å²) < 4.78 is 0. The maximum Gasteiger partial charge on any atom is 0.255 e. The molecule has 0 heterocycles. The predicted molar refractivity (Wildman–Crippen MR) is 311 cm³/mol. The van der Waals surface area contributed by atoms with Crippen molar-refractivity contribution in [1.29, 1.82) is 0 Å². The molecule has 10 rings (SSSR count). The molecule has 0 spiro atoms. The van der Waals surface area contributed by atoms with Crippen LogP contribution in [-0.4, -0.2) is 39.7 Å². The van der Waals surface area contributed by atoms with E-state index >= 15 is 0 Å². The van der Waals surface area contributed by atoms with E-state index in [9.17, 15) is 80.1 Å². The van der Waals surface area contributed by atoms with Gasteiger partial charge < -0.3 is 88.1 Å². The minimum Gasteiger partial charge on any atom is -0.873 e. The summed E-state index contributed by atoms with van der Waals surface area (Å²) in [5.74, 6) is -11.2. The molecule has 0 fully saturated rings. The fourth-order valence-corrected chi connectivity index (χ4v) is 8.48. The zero-order valence-corrected chi connectivity index (χ0v) is 45.8. The largest absolute Gasteiger partial charge is 0.873 e. The van der Waals surface area contributed by atoms with Gasteiger partial charge in [-0.3, -0.25) is 24.0 Å². The Bertz CT molecular complexity index is 4090. The van der Waals surface area contributed by atoms with Gasteiger partial charge in [-0.2, -0.15) is 0 Å². The minimum atomic E-state index is -0.912. The molecule has 0 aliphatic rings. The molecule has 88 heavy (non-hydrogen) atoms. The van der Waals surface area contributed by atoms with Crippen LogP contribution >= 0.6 is 0 Å². The van der Waals surface area contributed by atoms with Crippen LogP contribution < -0.4 is 77.9 Å². The van der Waals surface area contributed by atoms with Gasteiger partial charge in [-0.15, -0.1) is 34.5 Å². The Morgan fingerprint density at radius 1 is 0.318 bits per heavy atom. The molecule has 0 aliphatic heterocycles. The average Bonchev–Trinajstić information content (AvgIpc) is 1.77. The Labute approximate surface area is 500 Å². The molecule has 0 radical (unpaired) electrons. The van der Waals surface area contributed by atoms with Crippen molar-refractivity contribution in [3.63, 3.8) is 0 Å². The minimum absolute atomic E-state index is 0.0259. The number of para-hydroxylation sites is 8. The molecule has 10 aromatic rings. The van der Waals surface area contributed by atoms with E-state index in [0.29, 0.717) is 28.0 Å². The number of hydrogen-bond donors (Lipinski definition) is 8. The van der Waals surface area contributed by atoms with E-state index in [1.54, 1.807) is 73.7 Å². The van der Waals surface area contributed by atoms with Crippen molar-refractivity contribution in [1.82, 2.24) is 0 Å². The van der Waals surface area contributed by atoms with Gasteiger partial charge in [0.25, 0.3) is 29.5 Å². The Kier molecular flexibility index (Phi) is 18.8. The summed E-state index contributed by atoms with van der Waals surface area (Å²) in [5, 5.41) is 142. The van der Waals surface area contributed by atoms with Crippen LogP contribution in [0.4, 0.5) is 34.1 Å². The topological polar surface area (TPSA) is 406 Å². The number of carbonyl (C=O) groups is 5. The highest BCUT2D eigenvalue weighted by Crippen LogP contribution is 2.36. The zero-order chi connectivity index (χ0) is 63.3. The highest BCUT2D eigenvalue weighted by atomic mass is 16.3. The summed E-state index contributed by atoms with van der Waals surface area (Å²) in [6.45, 7) is 5.52. The first kappa shape index (κ1) is 61.2. The maximum atomic E-state index is 12.6. The first-order valence-corrected chi connectivity index (χ1v) is 26.0. The van der Waals surface area contributed by atoms with Crippen LogP contribution in [0.25, 0.3) is 16.5 Å². The molecule has 0 saturated carbocycles. The predicted octanol–water partition coefficient (Wildman–Crippen LogP) is 5.94. The maximum absolute atomic E-state index is 12.6. The van der Waals surface area contributed by atoms with Gasteiger partial charge in [0.1, 0.15) is 11.5 Å². The number of carbonyl (C=O) groups excluding carboxylic acids is 5. The highest BCUT2D eigenvalue weighted by molar-refractivity contribution is 6.14. The summed E-state index contributed by atoms with van der Waals surface area (Å²) in [7, 11) is 0. The molecule has 5 amide bonds. The number of aryl methyl sites for hydroxylation is 1. The second-order valence-electron chi connectivity index (χ2n) is 18.9. The number of nitrogens with one attached hydrogen (secondary N) is 6. The first-order valence-electron chi connectivity index (χ1n) is 26.0. The molecular formula is C66H45N6O16-9. The fraction of sp³-hybridized carbons (Fsp3) is 0.0152. The quantitative estimate of drug-likeness (QED) is 0.0662. The van der Waals surface area contributed by atoms with E-state index in [1.807, 2.05) is 6.07 Å². The van der Waals surface area contributed by atoms with E-state index in [-0.39, 0.29) is 67.6 Å². The van der Waals surface area contributed by atoms with E-state index in [1.165, 1.54) is 103 Å². The standard InChI is InChI=1S/C25H20N2O5.C21H18N2O5.C20H16N2O6/c1-14(15-6-4-12-21(28)23(15)30)26-19-10-2-8-17-16(19)7-3-11-20(17)27-25(32)18-9-5-13-22(29)24(18)31;1-12-6-4-7-13(18(12)25)20(27)22-15-9-2-3-10-16(15)23-21(28)14-8-5-11-17(24)19(14)26;23-15-8-2-6-13(17(15)25)19(27)21-11-4-1-5-12(10-11)22-20(28)14-7-3-9-16(24)18(14)26/h2-13,26,28-31H,1H2,(H,27,32);2-11,24-26H,1H3,(H,22,27)(H,23,28);1-10,23-26H,(H,21,27)(H,22,28)/p-9. The lowest BCUT2D eigenvalue weighted by molar-refractivity contribution is -0.317. The lowest BCUT2D eigenvalue weighted by Gasteiger charge is -2.22. The third kappa shape index (κ3) is 14.1. The molecule has 8 N–H and O–H groups in total. The number of benzene rings is 10. The fourth-order valence-electron chi connectivity index (χ4n) is 8.48. The lowest BCUT2D eigenvalue weighted by atomic mass is 10.0. The van der Waals surface area contributed by atoms with Crippen LogP contribution in [0.2, 0.25) is 0 Å². The highest BCUT2D eigenvalue weighted by Gasteiger charge is 2.17. The van der Waals surface area contributed by atoms with Gasteiger partial charge in [0.15, 0.2) is 0 Å². The van der Waals surface area contributed by atoms with Crippen molar-refractivity contribution < 1.29 is 80.1 Å². The summed E-state index contributed by atoms with van der Waals surface area (Å²) in [6, 6.07) is 46.8. The van der Waals surface area contributed by atoms with Crippen molar-refractivity contribution in [2.45, 2.75) is 6.92 Å². The van der Waals surface area contributed by atoms with Gasteiger partial charge in [-0.1, -0.05) is 163 Å². The third-order valence-corrected chi connectivity index (χ3v) is 12.9. The number of phenolic OH excluding ortho intramolecular Hbond substituents is 2. The average molecular weight is 1180 g/mol. The van der Waals surface area contributed by atoms with Gasteiger partial charge in [0.2, 0.25) is 0 Å². The van der Waals surface area contributed by atoms with Crippen molar-refractivity contribution in [2.24, 2.45) is 0 Å². The molecule has 0 aliphatic carbocycles. The Morgan fingerprint density at radius 2 is 0.625 bits per heavy atom. The molecule has 22 nitrogen and oxygen atoms in total. The molecular weight excluding hydrogens is 1130 g/mol. The van der Waals surface area contributed by atoms with Gasteiger partial charge in [0, 0.05) is 67.0 Å². The third-order valence-electron chi connectivity index (χ3n) is 12.9. The molecule has 22 heteroatoms. The number of aromatic hydroxyl groups is 2. The Balaban J connectivity index is 0.000000172. The van der Waals surface area contributed by atoms with Crippen molar-refractivity contribution >= 4 is 80.1 Å².